The van der Waals surface area contributed by atoms with E-state index in [1.807, 2.05) is 17.5 Å². The van der Waals surface area contributed by atoms with E-state index in [4.69, 9.17) is 21.1 Å². The molecule has 1 aromatic carbocycles. The number of ether oxygens (including phenoxy) is 2. The molecule has 2 aliphatic heterocycles. The fourth-order valence-electron chi connectivity index (χ4n) is 3.45. The minimum Gasteiger partial charge on any atom is -0.490 e. The van der Waals surface area contributed by atoms with Crippen LogP contribution in [0.15, 0.2) is 29.6 Å². The van der Waals surface area contributed by atoms with Crippen molar-refractivity contribution in [2.24, 2.45) is 5.92 Å². The van der Waals surface area contributed by atoms with Crippen molar-refractivity contribution in [1.29, 1.82) is 0 Å². The highest BCUT2D eigenvalue weighted by atomic mass is 35.5. The number of rotatable bonds is 3. The molecule has 0 aliphatic carbocycles. The fraction of sp³-hybridized carbons (Fsp3) is 0.400. The van der Waals surface area contributed by atoms with E-state index in [2.05, 4.69) is 5.32 Å². The maximum atomic E-state index is 12.8. The van der Waals surface area contributed by atoms with E-state index in [0.29, 0.717) is 53.4 Å². The van der Waals surface area contributed by atoms with Crippen LogP contribution in [-0.4, -0.2) is 43.0 Å². The van der Waals surface area contributed by atoms with Crippen molar-refractivity contribution in [3.63, 3.8) is 0 Å². The van der Waals surface area contributed by atoms with Crippen LogP contribution in [0.1, 0.15) is 28.9 Å². The predicted octanol–water partition coefficient (Wildman–Crippen LogP) is 4.05. The lowest BCUT2D eigenvalue weighted by Gasteiger charge is -2.31. The van der Waals surface area contributed by atoms with Gasteiger partial charge < -0.3 is 19.7 Å². The molecule has 8 heteroatoms. The molecule has 148 valence electrons. The highest BCUT2D eigenvalue weighted by Gasteiger charge is 2.30. The lowest BCUT2D eigenvalue weighted by atomic mass is 9.97. The van der Waals surface area contributed by atoms with Crippen molar-refractivity contribution >= 4 is 40.4 Å². The molecule has 0 unspecified atom stereocenters. The number of likely N-dealkylation sites (tertiary alicyclic amines) is 1. The third kappa shape index (κ3) is 4.10. The second-order valence-corrected chi connectivity index (χ2v) is 8.24. The summed E-state index contributed by atoms with van der Waals surface area (Å²) >= 11 is 7.75. The molecule has 2 amide bonds. The molecule has 4 rings (SSSR count). The highest BCUT2D eigenvalue weighted by Crippen LogP contribution is 2.38. The van der Waals surface area contributed by atoms with Crippen LogP contribution in [0, 0.1) is 5.92 Å². The summed E-state index contributed by atoms with van der Waals surface area (Å²) in [5.74, 6) is 0.743. The summed E-state index contributed by atoms with van der Waals surface area (Å²) in [6.45, 7) is 2.21. The van der Waals surface area contributed by atoms with Gasteiger partial charge in [0.25, 0.3) is 5.91 Å². The zero-order valence-electron chi connectivity index (χ0n) is 15.3. The number of benzene rings is 1. The number of piperidine rings is 1. The number of hydrogen-bond acceptors (Lipinski definition) is 5. The molecule has 0 bridgehead atoms. The monoisotopic (exact) mass is 420 g/mol. The number of nitrogens with one attached hydrogen (secondary N) is 1. The van der Waals surface area contributed by atoms with E-state index in [9.17, 15) is 9.59 Å². The van der Waals surface area contributed by atoms with Gasteiger partial charge in [-0.2, -0.15) is 0 Å². The van der Waals surface area contributed by atoms with E-state index >= 15 is 0 Å². The largest absolute Gasteiger partial charge is 0.490 e. The quantitative estimate of drug-likeness (QED) is 0.813. The number of nitrogens with zero attached hydrogens (tertiary/aromatic N) is 1. The van der Waals surface area contributed by atoms with Gasteiger partial charge >= 0.3 is 0 Å². The van der Waals surface area contributed by atoms with E-state index in [1.165, 1.54) is 11.3 Å². The topological polar surface area (TPSA) is 67.9 Å². The summed E-state index contributed by atoms with van der Waals surface area (Å²) in [5, 5.41) is 5.19. The van der Waals surface area contributed by atoms with Crippen LogP contribution < -0.4 is 14.8 Å². The molecular formula is C20H21ClN2O4S. The molecule has 0 saturated carbocycles. The first kappa shape index (κ1) is 19.1. The van der Waals surface area contributed by atoms with Crippen LogP contribution in [0.25, 0.3) is 0 Å². The smallest absolute Gasteiger partial charge is 0.263 e. The first-order valence-corrected chi connectivity index (χ1v) is 10.6. The van der Waals surface area contributed by atoms with Crippen LogP contribution in [0.3, 0.4) is 0 Å². The van der Waals surface area contributed by atoms with Crippen LogP contribution in [0.4, 0.5) is 5.69 Å². The molecule has 28 heavy (non-hydrogen) atoms. The first-order valence-electron chi connectivity index (χ1n) is 9.34. The van der Waals surface area contributed by atoms with Gasteiger partial charge in [-0.3, -0.25) is 9.59 Å². The van der Waals surface area contributed by atoms with Gasteiger partial charge in [0.05, 0.1) is 34.7 Å². The Morgan fingerprint density at radius 2 is 1.96 bits per heavy atom. The molecule has 1 N–H and O–H groups in total. The van der Waals surface area contributed by atoms with Crippen LogP contribution in [0.2, 0.25) is 5.02 Å². The van der Waals surface area contributed by atoms with Gasteiger partial charge in [0.2, 0.25) is 5.91 Å². The molecule has 0 spiro atoms. The van der Waals surface area contributed by atoms with E-state index in [-0.39, 0.29) is 17.7 Å². The predicted molar refractivity (Wildman–Crippen MR) is 109 cm³/mol. The molecule has 3 heterocycles. The molecule has 6 nitrogen and oxygen atoms in total. The summed E-state index contributed by atoms with van der Waals surface area (Å²) in [4.78, 5) is 27.9. The fourth-order valence-corrected chi connectivity index (χ4v) is 4.34. The third-order valence-corrected chi connectivity index (χ3v) is 6.08. The molecule has 0 radical (unpaired) electrons. The molecular weight excluding hydrogens is 400 g/mol. The second-order valence-electron chi connectivity index (χ2n) is 6.89. The number of fused-ring (bicyclic) bond motifs is 1. The molecule has 1 fully saturated rings. The molecule has 2 aromatic rings. The summed E-state index contributed by atoms with van der Waals surface area (Å²) in [7, 11) is 0. The number of carbonyl (C=O) groups is 2. The number of carbonyl (C=O) groups excluding carboxylic acids is 2. The summed E-state index contributed by atoms with van der Waals surface area (Å²) in [6.07, 6.45) is 2.33. The average molecular weight is 421 g/mol. The Bertz CT molecular complexity index is 871. The minimum absolute atomic E-state index is 0.0129. The van der Waals surface area contributed by atoms with Crippen LogP contribution in [0.5, 0.6) is 11.5 Å². The summed E-state index contributed by atoms with van der Waals surface area (Å²) < 4.78 is 11.3. The lowest BCUT2D eigenvalue weighted by molar-refractivity contribution is -0.121. The summed E-state index contributed by atoms with van der Waals surface area (Å²) in [6, 6.07) is 7.05. The van der Waals surface area contributed by atoms with Crippen molar-refractivity contribution in [2.75, 3.05) is 31.6 Å². The first-order chi connectivity index (χ1) is 13.6. The number of hydrogen-bond donors (Lipinski definition) is 1. The van der Waals surface area contributed by atoms with E-state index in [1.54, 1.807) is 17.0 Å². The molecule has 1 aromatic heterocycles. The average Bonchev–Trinajstić information content (AvgIpc) is 3.15. The van der Waals surface area contributed by atoms with Crippen molar-refractivity contribution in [3.05, 3.63) is 39.5 Å². The van der Waals surface area contributed by atoms with Crippen molar-refractivity contribution in [3.8, 4) is 11.5 Å². The molecule has 1 saturated heterocycles. The van der Waals surface area contributed by atoms with Gasteiger partial charge in [-0.05, 0) is 24.3 Å². The number of thiophene rings is 1. The third-order valence-electron chi connectivity index (χ3n) is 4.91. The van der Waals surface area contributed by atoms with Crippen molar-refractivity contribution in [1.82, 2.24) is 4.90 Å². The maximum absolute atomic E-state index is 12.8. The zero-order valence-corrected chi connectivity index (χ0v) is 16.9. The van der Waals surface area contributed by atoms with Crippen LogP contribution >= 0.6 is 22.9 Å². The van der Waals surface area contributed by atoms with E-state index in [0.717, 1.165) is 19.3 Å². The van der Waals surface area contributed by atoms with Crippen molar-refractivity contribution < 1.29 is 19.1 Å². The van der Waals surface area contributed by atoms with Gasteiger partial charge in [-0.1, -0.05) is 17.7 Å². The standard InChI is InChI=1S/C20H21ClN2O4S/c21-14-10-16-17(27-8-3-7-26-16)11-15(14)22-19(24)13-4-1-6-23(12-13)20(25)18-5-2-9-28-18/h2,5,9-11,13H,1,3-4,6-8,12H2,(H,22,24)/t13-/m0/s1. The SMILES string of the molecule is O=C(Nc1cc2c(cc1Cl)OCCCO2)[C@H]1CCCN(C(=O)c2cccs2)C1. The Morgan fingerprint density at radius 1 is 1.18 bits per heavy atom. The second kappa shape index (κ2) is 8.41. The van der Waals surface area contributed by atoms with Gasteiger partial charge in [0, 0.05) is 31.6 Å². The Kier molecular flexibility index (Phi) is 5.73. The zero-order chi connectivity index (χ0) is 19.5. The summed E-state index contributed by atoms with van der Waals surface area (Å²) in [5.41, 5.74) is 0.498. The molecule has 2 aliphatic rings. The lowest BCUT2D eigenvalue weighted by Crippen LogP contribution is -2.43. The Hall–Kier alpha value is -2.25. The Labute approximate surface area is 172 Å². The Morgan fingerprint density at radius 3 is 2.71 bits per heavy atom. The Balaban J connectivity index is 1.45. The minimum atomic E-state index is -0.273. The van der Waals surface area contributed by atoms with Gasteiger partial charge in [-0.25, -0.2) is 0 Å². The van der Waals surface area contributed by atoms with Crippen molar-refractivity contribution in [2.45, 2.75) is 19.3 Å². The van der Waals surface area contributed by atoms with E-state index < -0.39 is 0 Å². The number of halogens is 1. The van der Waals surface area contributed by atoms with Gasteiger partial charge in [0.15, 0.2) is 11.5 Å². The molecule has 1 atom stereocenters. The highest BCUT2D eigenvalue weighted by molar-refractivity contribution is 7.12. The van der Waals surface area contributed by atoms with Gasteiger partial charge in [-0.15, -0.1) is 11.3 Å². The van der Waals surface area contributed by atoms with Gasteiger partial charge in [0.1, 0.15) is 0 Å². The maximum Gasteiger partial charge on any atom is 0.263 e. The normalized spacial score (nSPS) is 19.0. The number of anilines is 1. The van der Waals surface area contributed by atoms with Crippen LogP contribution in [-0.2, 0) is 4.79 Å². The number of amides is 2.